The molecule has 2 aliphatic heterocycles. The highest BCUT2D eigenvalue weighted by atomic mass is 16.6. The summed E-state index contributed by atoms with van der Waals surface area (Å²) in [6.45, 7) is 7.17. The molecule has 9 nitrogen and oxygen atoms in total. The lowest BCUT2D eigenvalue weighted by molar-refractivity contribution is -0.110. The molecule has 1 atom stereocenters. The van der Waals surface area contributed by atoms with Crippen LogP contribution in [0, 0.1) is 0 Å². The molecule has 1 unspecified atom stereocenters. The van der Waals surface area contributed by atoms with Crippen LogP contribution in [0.25, 0.3) is 0 Å². The second-order valence-electron chi connectivity index (χ2n) is 9.47. The van der Waals surface area contributed by atoms with Gasteiger partial charge in [-0.2, -0.15) is 5.10 Å². The molecule has 0 saturated carbocycles. The van der Waals surface area contributed by atoms with Crippen LogP contribution in [0.2, 0.25) is 0 Å². The fraction of sp³-hybridized carbons (Fsp3) is 0.400. The van der Waals surface area contributed by atoms with Crippen LogP contribution in [-0.2, 0) is 9.53 Å². The third-order valence-electron chi connectivity index (χ3n) is 5.73. The van der Waals surface area contributed by atoms with Crippen molar-refractivity contribution in [1.29, 1.82) is 0 Å². The first-order valence-corrected chi connectivity index (χ1v) is 11.4. The maximum atomic E-state index is 12.6. The van der Waals surface area contributed by atoms with E-state index in [9.17, 15) is 9.59 Å². The zero-order valence-corrected chi connectivity index (χ0v) is 20.0. The first-order chi connectivity index (χ1) is 16.2. The lowest BCUT2D eigenvalue weighted by Crippen LogP contribution is -2.42. The Labute approximate surface area is 199 Å². The van der Waals surface area contributed by atoms with Crippen molar-refractivity contribution >= 4 is 34.8 Å². The summed E-state index contributed by atoms with van der Waals surface area (Å²) in [5.74, 6) is -0.275. The summed E-state index contributed by atoms with van der Waals surface area (Å²) in [5, 5.41) is 11.0. The van der Waals surface area contributed by atoms with Gasteiger partial charge >= 0.3 is 6.09 Å². The number of carbonyl (C=O) groups excluding carboxylic acids is 2. The highest BCUT2D eigenvalue weighted by molar-refractivity contribution is 6.47. The molecule has 2 amide bonds. The van der Waals surface area contributed by atoms with Crippen molar-refractivity contribution in [3.05, 3.63) is 54.4 Å². The second kappa shape index (κ2) is 9.62. The van der Waals surface area contributed by atoms with Gasteiger partial charge in [-0.3, -0.25) is 9.78 Å². The Kier molecular flexibility index (Phi) is 6.63. The van der Waals surface area contributed by atoms with E-state index in [2.05, 4.69) is 25.4 Å². The van der Waals surface area contributed by atoms with Crippen LogP contribution in [0.15, 0.2) is 58.9 Å². The van der Waals surface area contributed by atoms with Crippen molar-refractivity contribution in [2.24, 2.45) is 10.2 Å². The molecule has 0 bridgehead atoms. The van der Waals surface area contributed by atoms with E-state index in [4.69, 9.17) is 4.74 Å². The number of anilines is 2. The molecule has 1 saturated heterocycles. The topological polar surface area (TPSA) is 99.5 Å². The molecule has 0 radical (unpaired) electrons. The maximum Gasteiger partial charge on any atom is 0.410 e. The number of amides is 2. The minimum Gasteiger partial charge on any atom is -0.444 e. The highest BCUT2D eigenvalue weighted by Gasteiger charge is 2.31. The maximum absolute atomic E-state index is 12.6. The van der Waals surface area contributed by atoms with Crippen LogP contribution in [0.5, 0.6) is 0 Å². The monoisotopic (exact) mass is 462 g/mol. The SMILES string of the molecule is CN(C(=O)OC(C)(C)C)C1CCN(c2ccc(NC(=O)C3=NN=C(c4ccccn4)C3)cc2)C1. The average Bonchev–Trinajstić information content (AvgIpc) is 3.49. The van der Waals surface area contributed by atoms with Crippen molar-refractivity contribution in [2.75, 3.05) is 30.4 Å². The van der Waals surface area contributed by atoms with Crippen molar-refractivity contribution in [2.45, 2.75) is 45.3 Å². The summed E-state index contributed by atoms with van der Waals surface area (Å²) in [5.41, 5.74) is 2.97. The number of hydrogen-bond donors (Lipinski definition) is 1. The lowest BCUT2D eigenvalue weighted by Gasteiger charge is -2.28. The van der Waals surface area contributed by atoms with Gasteiger partial charge in [0.1, 0.15) is 11.3 Å². The summed E-state index contributed by atoms with van der Waals surface area (Å²) < 4.78 is 5.49. The van der Waals surface area contributed by atoms with Gasteiger partial charge in [-0.05, 0) is 63.6 Å². The molecule has 1 aromatic carbocycles. The number of aromatic nitrogens is 1. The normalized spacial score (nSPS) is 17.8. The molecule has 1 N–H and O–H groups in total. The van der Waals surface area contributed by atoms with Gasteiger partial charge in [0.05, 0.1) is 17.4 Å². The molecule has 0 aliphatic carbocycles. The number of hydrogen-bond acceptors (Lipinski definition) is 7. The highest BCUT2D eigenvalue weighted by Crippen LogP contribution is 2.25. The minimum atomic E-state index is -0.514. The molecule has 2 aliphatic rings. The Morgan fingerprint density at radius 3 is 2.56 bits per heavy atom. The van der Waals surface area contributed by atoms with Gasteiger partial charge in [0, 0.05) is 44.1 Å². The first kappa shape index (κ1) is 23.4. The van der Waals surface area contributed by atoms with Gasteiger partial charge in [-0.25, -0.2) is 4.79 Å². The van der Waals surface area contributed by atoms with E-state index in [0.29, 0.717) is 23.5 Å². The summed E-state index contributed by atoms with van der Waals surface area (Å²) in [6, 6.07) is 13.3. The van der Waals surface area contributed by atoms with Gasteiger partial charge in [0.15, 0.2) is 0 Å². The van der Waals surface area contributed by atoms with Gasteiger partial charge in [0.2, 0.25) is 0 Å². The number of nitrogens with zero attached hydrogens (tertiary/aromatic N) is 5. The van der Waals surface area contributed by atoms with E-state index in [-0.39, 0.29) is 18.0 Å². The van der Waals surface area contributed by atoms with Crippen LogP contribution in [0.4, 0.5) is 16.2 Å². The molecule has 1 fully saturated rings. The lowest BCUT2D eigenvalue weighted by atomic mass is 10.1. The van der Waals surface area contributed by atoms with Gasteiger partial charge in [-0.15, -0.1) is 5.10 Å². The molecule has 1 aromatic heterocycles. The quantitative estimate of drug-likeness (QED) is 0.730. The van der Waals surface area contributed by atoms with Crippen LogP contribution in [0.1, 0.15) is 39.3 Å². The van der Waals surface area contributed by atoms with Gasteiger partial charge < -0.3 is 19.9 Å². The predicted molar refractivity (Wildman–Crippen MR) is 133 cm³/mol. The first-order valence-electron chi connectivity index (χ1n) is 11.4. The number of carbonyl (C=O) groups is 2. The zero-order chi connectivity index (χ0) is 24.3. The average molecular weight is 463 g/mol. The van der Waals surface area contributed by atoms with Crippen LogP contribution in [-0.4, -0.2) is 65.1 Å². The van der Waals surface area contributed by atoms with Crippen LogP contribution >= 0.6 is 0 Å². The van der Waals surface area contributed by atoms with E-state index in [1.54, 1.807) is 18.1 Å². The Hall–Kier alpha value is -3.75. The number of pyridine rings is 1. The summed E-state index contributed by atoms with van der Waals surface area (Å²) >= 11 is 0. The fourth-order valence-electron chi connectivity index (χ4n) is 3.89. The Bertz CT molecular complexity index is 1110. The Morgan fingerprint density at radius 2 is 1.88 bits per heavy atom. The Morgan fingerprint density at radius 1 is 1.12 bits per heavy atom. The van der Waals surface area contributed by atoms with E-state index in [0.717, 1.165) is 30.9 Å². The molecule has 178 valence electrons. The molecule has 0 spiro atoms. The predicted octanol–water partition coefficient (Wildman–Crippen LogP) is 3.71. The third-order valence-corrected chi connectivity index (χ3v) is 5.73. The minimum absolute atomic E-state index is 0.0860. The molecule has 34 heavy (non-hydrogen) atoms. The number of rotatable bonds is 5. The van der Waals surface area contributed by atoms with Crippen molar-refractivity contribution in [3.8, 4) is 0 Å². The molecule has 2 aromatic rings. The standard InChI is InChI=1S/C25H30N6O3/c1-25(2,3)34-24(33)30(4)19-12-14-31(16-19)18-10-8-17(9-11-18)27-23(32)22-15-21(28-29-22)20-7-5-6-13-26-20/h5-11,13,19H,12,14-16H2,1-4H3,(H,27,32). The largest absolute Gasteiger partial charge is 0.444 e. The smallest absolute Gasteiger partial charge is 0.410 e. The second-order valence-corrected chi connectivity index (χ2v) is 9.47. The molecule has 3 heterocycles. The van der Waals surface area contributed by atoms with E-state index in [1.165, 1.54) is 0 Å². The Balaban J connectivity index is 1.29. The zero-order valence-electron chi connectivity index (χ0n) is 20.0. The summed E-state index contributed by atoms with van der Waals surface area (Å²) in [7, 11) is 1.79. The fourth-order valence-corrected chi connectivity index (χ4v) is 3.89. The summed E-state index contributed by atoms with van der Waals surface area (Å²) in [4.78, 5) is 33.2. The van der Waals surface area contributed by atoms with Crippen molar-refractivity contribution < 1.29 is 14.3 Å². The van der Waals surface area contributed by atoms with E-state index in [1.807, 2.05) is 63.2 Å². The third kappa shape index (κ3) is 5.59. The van der Waals surface area contributed by atoms with Gasteiger partial charge in [0.25, 0.3) is 5.91 Å². The number of nitrogens with one attached hydrogen (secondary N) is 1. The van der Waals surface area contributed by atoms with Crippen molar-refractivity contribution in [1.82, 2.24) is 9.88 Å². The van der Waals surface area contributed by atoms with E-state index >= 15 is 0 Å². The molecular weight excluding hydrogens is 432 g/mol. The van der Waals surface area contributed by atoms with Gasteiger partial charge in [-0.1, -0.05) is 6.07 Å². The number of likely N-dealkylation sites (N-methyl/N-ethyl adjacent to an activating group) is 1. The number of benzene rings is 1. The van der Waals surface area contributed by atoms with Crippen LogP contribution in [0.3, 0.4) is 0 Å². The molecule has 9 heteroatoms. The summed E-state index contributed by atoms with van der Waals surface area (Å²) in [6.07, 6.45) is 2.60. The van der Waals surface area contributed by atoms with Crippen LogP contribution < -0.4 is 10.2 Å². The number of ether oxygens (including phenoxy) is 1. The van der Waals surface area contributed by atoms with Crippen molar-refractivity contribution in [3.63, 3.8) is 0 Å². The molecule has 4 rings (SSSR count). The molecular formula is C25H30N6O3. The van der Waals surface area contributed by atoms with E-state index < -0.39 is 5.60 Å².